The van der Waals surface area contributed by atoms with Gasteiger partial charge in [-0.3, -0.25) is 4.79 Å². The molecular weight excluding hydrogens is 364 g/mol. The van der Waals surface area contributed by atoms with E-state index in [4.69, 9.17) is 4.74 Å². The first-order chi connectivity index (χ1) is 14.0. The summed E-state index contributed by atoms with van der Waals surface area (Å²) in [5.41, 5.74) is 2.09. The van der Waals surface area contributed by atoms with Crippen LogP contribution in [0, 0.1) is 0 Å². The molecule has 2 heterocycles. The van der Waals surface area contributed by atoms with Crippen LogP contribution in [0.1, 0.15) is 41.2 Å². The second-order valence-corrected chi connectivity index (χ2v) is 7.87. The topological polar surface area (TPSA) is 67.4 Å². The molecule has 1 aromatic heterocycles. The summed E-state index contributed by atoms with van der Waals surface area (Å²) in [5.74, 6) is 0.376. The minimum atomic E-state index is -0.280. The Morgan fingerprint density at radius 2 is 2.03 bits per heavy atom. The van der Waals surface area contributed by atoms with E-state index < -0.39 is 0 Å². The maximum absolute atomic E-state index is 12.5. The lowest BCUT2D eigenvalue weighted by atomic mass is 9.95. The smallest absolute Gasteiger partial charge is 0.289 e. The molecule has 2 atom stereocenters. The van der Waals surface area contributed by atoms with Gasteiger partial charge >= 0.3 is 0 Å². The van der Waals surface area contributed by atoms with E-state index in [0.717, 1.165) is 30.5 Å². The highest BCUT2D eigenvalue weighted by Crippen LogP contribution is 2.36. The summed E-state index contributed by atoms with van der Waals surface area (Å²) in [7, 11) is 3.94. The van der Waals surface area contributed by atoms with E-state index >= 15 is 0 Å². The van der Waals surface area contributed by atoms with Crippen molar-refractivity contribution >= 4 is 16.7 Å². The average molecular weight is 390 g/mol. The van der Waals surface area contributed by atoms with Gasteiger partial charge in [0, 0.05) is 29.9 Å². The van der Waals surface area contributed by atoms with Gasteiger partial charge in [0.1, 0.15) is 6.10 Å². The van der Waals surface area contributed by atoms with Crippen molar-refractivity contribution in [2.75, 3.05) is 20.6 Å². The number of ether oxygens (including phenoxy) is 1. The average Bonchev–Trinajstić information content (AvgIpc) is 2.71. The van der Waals surface area contributed by atoms with E-state index in [9.17, 15) is 4.79 Å². The summed E-state index contributed by atoms with van der Waals surface area (Å²) < 4.78 is 6.25. The van der Waals surface area contributed by atoms with Crippen molar-refractivity contribution in [1.29, 1.82) is 0 Å². The molecule has 1 aliphatic heterocycles. The lowest BCUT2D eigenvalue weighted by molar-refractivity contribution is 0.0919. The molecule has 1 amide bonds. The number of carbonyl (C=O) groups excluding carboxylic acids is 1. The maximum atomic E-state index is 12.5. The minimum absolute atomic E-state index is 0.00137. The molecule has 1 aliphatic rings. The number of fused-ring (bicyclic) bond motifs is 2. The third kappa shape index (κ3) is 4.22. The van der Waals surface area contributed by atoms with Crippen LogP contribution in [0.3, 0.4) is 0 Å². The zero-order valence-corrected chi connectivity index (χ0v) is 17.1. The number of carbonyl (C=O) groups is 1. The Bertz CT molecular complexity index is 1030. The van der Waals surface area contributed by atoms with Crippen LogP contribution in [0.4, 0.5) is 0 Å². The molecular formula is C23H26N4O2. The summed E-state index contributed by atoms with van der Waals surface area (Å²) in [4.78, 5) is 23.3. The molecule has 4 rings (SSSR count). The Balaban J connectivity index is 1.56. The number of hydrogen-bond donors (Lipinski definition) is 1. The van der Waals surface area contributed by atoms with Gasteiger partial charge in [0.25, 0.3) is 5.91 Å². The van der Waals surface area contributed by atoms with Gasteiger partial charge in [-0.1, -0.05) is 42.5 Å². The van der Waals surface area contributed by atoms with Gasteiger partial charge in [0.2, 0.25) is 11.7 Å². The van der Waals surface area contributed by atoms with Crippen molar-refractivity contribution in [3.8, 4) is 5.88 Å². The molecule has 150 valence electrons. The van der Waals surface area contributed by atoms with E-state index in [2.05, 4.69) is 45.6 Å². The first kappa shape index (κ1) is 19.3. The number of aryl methyl sites for hydroxylation is 1. The summed E-state index contributed by atoms with van der Waals surface area (Å²) in [6.07, 6.45) is 3.30. The number of rotatable bonds is 5. The zero-order valence-electron chi connectivity index (χ0n) is 17.1. The second kappa shape index (κ2) is 8.17. The molecule has 2 aromatic carbocycles. The normalized spacial score (nSPS) is 16.9. The van der Waals surface area contributed by atoms with Gasteiger partial charge in [0.05, 0.1) is 0 Å². The Kier molecular flexibility index (Phi) is 5.45. The first-order valence-corrected chi connectivity index (χ1v) is 9.97. The van der Waals surface area contributed by atoms with Gasteiger partial charge in [-0.2, -0.15) is 4.98 Å². The van der Waals surface area contributed by atoms with E-state index in [1.165, 1.54) is 10.8 Å². The quantitative estimate of drug-likeness (QED) is 0.723. The van der Waals surface area contributed by atoms with Crippen LogP contribution in [0.5, 0.6) is 5.88 Å². The van der Waals surface area contributed by atoms with Crippen molar-refractivity contribution in [2.45, 2.75) is 31.9 Å². The standard InChI is InChI=1S/C23H26N4O2/c1-15(14-27(2)3)25-22(28)21-24-13-17-11-12-20(29-23(17)26-21)19-10-6-8-16-7-4-5-9-18(16)19/h4-10,13,15,20H,11-12,14H2,1-3H3,(H,25,28)/t15-,20?/m1/s1. The number of nitrogens with one attached hydrogen (secondary N) is 1. The van der Waals surface area contributed by atoms with Crippen LogP contribution in [0.2, 0.25) is 0 Å². The van der Waals surface area contributed by atoms with Crippen LogP contribution >= 0.6 is 0 Å². The monoisotopic (exact) mass is 390 g/mol. The molecule has 0 fully saturated rings. The van der Waals surface area contributed by atoms with E-state index in [-0.39, 0.29) is 23.9 Å². The largest absolute Gasteiger partial charge is 0.469 e. The Hall–Kier alpha value is -2.99. The van der Waals surface area contributed by atoms with E-state index in [1.54, 1.807) is 6.20 Å². The Labute approximate surface area is 170 Å². The van der Waals surface area contributed by atoms with Crippen LogP contribution in [0.25, 0.3) is 10.8 Å². The molecule has 0 radical (unpaired) electrons. The Morgan fingerprint density at radius 3 is 2.86 bits per heavy atom. The van der Waals surface area contributed by atoms with Crippen LogP contribution < -0.4 is 10.1 Å². The number of likely N-dealkylation sites (N-methyl/N-ethyl adjacent to an activating group) is 1. The molecule has 0 aliphatic carbocycles. The number of benzene rings is 2. The molecule has 0 saturated carbocycles. The molecule has 1 unspecified atom stereocenters. The predicted octanol–water partition coefficient (Wildman–Crippen LogP) is 3.38. The molecule has 3 aromatic rings. The summed E-state index contributed by atoms with van der Waals surface area (Å²) in [5, 5.41) is 5.32. The first-order valence-electron chi connectivity index (χ1n) is 9.97. The van der Waals surface area contributed by atoms with Crippen LogP contribution in [-0.2, 0) is 6.42 Å². The van der Waals surface area contributed by atoms with Gasteiger partial charge in [0.15, 0.2) is 0 Å². The summed E-state index contributed by atoms with van der Waals surface area (Å²) in [6.45, 7) is 2.71. The van der Waals surface area contributed by atoms with Gasteiger partial charge < -0.3 is 15.0 Å². The van der Waals surface area contributed by atoms with Crippen LogP contribution in [0.15, 0.2) is 48.7 Å². The molecule has 0 bridgehead atoms. The van der Waals surface area contributed by atoms with Gasteiger partial charge in [-0.15, -0.1) is 0 Å². The highest BCUT2D eigenvalue weighted by molar-refractivity contribution is 5.90. The lowest BCUT2D eigenvalue weighted by Crippen LogP contribution is -2.40. The second-order valence-electron chi connectivity index (χ2n) is 7.87. The molecule has 0 spiro atoms. The SMILES string of the molecule is C[C@H](CN(C)C)NC(=O)c1ncc2c(n1)OC(c1cccc3ccccc13)CC2. The molecule has 6 heteroatoms. The van der Waals surface area contributed by atoms with Gasteiger partial charge in [-0.05, 0) is 44.6 Å². The van der Waals surface area contributed by atoms with Crippen molar-refractivity contribution in [1.82, 2.24) is 20.2 Å². The van der Waals surface area contributed by atoms with Crippen molar-refractivity contribution in [3.05, 3.63) is 65.6 Å². The maximum Gasteiger partial charge on any atom is 0.289 e. The third-order valence-corrected chi connectivity index (χ3v) is 5.14. The van der Waals surface area contributed by atoms with Gasteiger partial charge in [-0.25, -0.2) is 4.98 Å². The fourth-order valence-corrected chi connectivity index (χ4v) is 3.89. The number of hydrogen-bond acceptors (Lipinski definition) is 5. The van der Waals surface area contributed by atoms with E-state index in [1.807, 2.05) is 38.1 Å². The Morgan fingerprint density at radius 1 is 1.24 bits per heavy atom. The van der Waals surface area contributed by atoms with E-state index in [0.29, 0.717) is 5.88 Å². The third-order valence-electron chi connectivity index (χ3n) is 5.14. The lowest BCUT2D eigenvalue weighted by Gasteiger charge is -2.26. The fourth-order valence-electron chi connectivity index (χ4n) is 3.89. The summed E-state index contributed by atoms with van der Waals surface area (Å²) in [6, 6.07) is 14.6. The zero-order chi connectivity index (χ0) is 20.4. The minimum Gasteiger partial charge on any atom is -0.469 e. The predicted molar refractivity (Wildman–Crippen MR) is 113 cm³/mol. The molecule has 1 N–H and O–H groups in total. The molecule has 29 heavy (non-hydrogen) atoms. The van der Waals surface area contributed by atoms with Crippen molar-refractivity contribution in [3.63, 3.8) is 0 Å². The molecule has 6 nitrogen and oxygen atoms in total. The van der Waals surface area contributed by atoms with Crippen molar-refractivity contribution in [2.24, 2.45) is 0 Å². The highest BCUT2D eigenvalue weighted by atomic mass is 16.5. The van der Waals surface area contributed by atoms with Crippen LogP contribution in [-0.4, -0.2) is 47.5 Å². The van der Waals surface area contributed by atoms with Crippen molar-refractivity contribution < 1.29 is 9.53 Å². The number of aromatic nitrogens is 2. The summed E-state index contributed by atoms with van der Waals surface area (Å²) >= 11 is 0. The number of amides is 1. The fraction of sp³-hybridized carbons (Fsp3) is 0.348. The molecule has 0 saturated heterocycles. The highest BCUT2D eigenvalue weighted by Gasteiger charge is 2.26. The number of nitrogens with zero attached hydrogens (tertiary/aromatic N) is 3.